The maximum Gasteiger partial charge on any atom is 0.307 e. The molecule has 0 aromatic rings. The summed E-state index contributed by atoms with van der Waals surface area (Å²) in [6.45, 7) is 10.9. The average Bonchev–Trinajstić information content (AvgIpc) is 3.20. The standard InChI is InChI=1S/C32H38N2O7S/c1-9-11-20(14-28(35)36)13-21-18-33(7)26(31(21,3)4)16-24-29(37)25(30(24)38)17-27-32(5,6)22(19-34(27)8)15-23(12-10-2)42(39,40)41/h9-13,15-19H,14H2,1-8H3,(H2-,35,36,37,38,39,40,41)/p-1/b11-9-,12-10-,20-13+,23-15+. The maximum atomic E-state index is 13.2. The van der Waals surface area contributed by atoms with Gasteiger partial charge in [-0.2, -0.15) is 0 Å². The van der Waals surface area contributed by atoms with Crippen LogP contribution in [0.2, 0.25) is 0 Å². The molecule has 3 rings (SSSR count). The summed E-state index contributed by atoms with van der Waals surface area (Å²) in [7, 11) is -1.18. The van der Waals surface area contributed by atoms with Gasteiger partial charge in [-0.3, -0.25) is 9.59 Å². The van der Waals surface area contributed by atoms with Crippen LogP contribution in [0, 0.1) is 10.8 Å². The van der Waals surface area contributed by atoms with Crippen LogP contribution in [0.15, 0.2) is 105 Å². The van der Waals surface area contributed by atoms with E-state index in [0.717, 1.165) is 11.3 Å². The summed E-state index contributed by atoms with van der Waals surface area (Å²) in [5, 5.41) is 22.5. The molecule has 42 heavy (non-hydrogen) atoms. The first-order valence-electron chi connectivity index (χ1n) is 13.4. The zero-order chi connectivity index (χ0) is 31.8. The molecule has 0 unspecified atom stereocenters. The summed E-state index contributed by atoms with van der Waals surface area (Å²) in [4.78, 5) is 26.0. The Morgan fingerprint density at radius 1 is 1.05 bits per heavy atom. The van der Waals surface area contributed by atoms with Crippen molar-refractivity contribution in [1.82, 2.24) is 4.90 Å². The molecule has 0 saturated carbocycles. The van der Waals surface area contributed by atoms with Crippen molar-refractivity contribution in [2.24, 2.45) is 10.8 Å². The van der Waals surface area contributed by atoms with E-state index in [4.69, 9.17) is 0 Å². The zero-order valence-electron chi connectivity index (χ0n) is 25.2. The fourth-order valence-electron chi connectivity index (χ4n) is 5.29. The average molecular weight is 594 g/mol. The molecule has 0 bridgehead atoms. The third-order valence-electron chi connectivity index (χ3n) is 7.68. The van der Waals surface area contributed by atoms with Crippen LogP contribution in [-0.2, 0) is 19.7 Å². The lowest BCUT2D eigenvalue weighted by molar-refractivity contribution is -0.419. The summed E-state index contributed by atoms with van der Waals surface area (Å²) >= 11 is 0. The molecule has 0 atom stereocenters. The highest BCUT2D eigenvalue weighted by atomic mass is 32.2. The molecule has 0 saturated heterocycles. The summed E-state index contributed by atoms with van der Waals surface area (Å²) in [5.41, 5.74) is 1.99. The quantitative estimate of drug-likeness (QED) is 0.184. The van der Waals surface area contributed by atoms with Crippen molar-refractivity contribution in [3.8, 4) is 0 Å². The molecule has 0 radical (unpaired) electrons. The number of carboxylic acid groups (broad SMARTS) is 1. The Hall–Kier alpha value is -4.02. The molecule has 0 amide bonds. The summed E-state index contributed by atoms with van der Waals surface area (Å²) in [6.07, 6.45) is 15.9. The number of carbonyl (C=O) groups excluding carboxylic acids is 1. The summed E-state index contributed by atoms with van der Waals surface area (Å²) < 4.78 is 36.9. The molecule has 0 fully saturated rings. The molecule has 0 aromatic carbocycles. The number of carboxylic acids is 1. The maximum absolute atomic E-state index is 13.2. The highest BCUT2D eigenvalue weighted by Gasteiger charge is 2.42. The largest absolute Gasteiger partial charge is 0.871 e. The van der Waals surface area contributed by atoms with Gasteiger partial charge in [-0.1, -0.05) is 43.9 Å². The number of carbonyl (C=O) groups is 2. The number of nitrogens with zero attached hydrogens (tertiary/aromatic N) is 2. The second kappa shape index (κ2) is 11.7. The minimum Gasteiger partial charge on any atom is -0.871 e. The van der Waals surface area contributed by atoms with Crippen molar-refractivity contribution in [1.29, 1.82) is 0 Å². The van der Waals surface area contributed by atoms with Crippen molar-refractivity contribution < 1.29 is 37.3 Å². The lowest BCUT2D eigenvalue weighted by Gasteiger charge is -2.32. The molecule has 9 nitrogen and oxygen atoms in total. The van der Waals surface area contributed by atoms with E-state index in [0.29, 0.717) is 16.9 Å². The number of aliphatic carboxylic acids is 1. The van der Waals surface area contributed by atoms with Gasteiger partial charge in [0.05, 0.1) is 16.7 Å². The van der Waals surface area contributed by atoms with E-state index in [9.17, 15) is 32.8 Å². The zero-order valence-corrected chi connectivity index (χ0v) is 26.0. The Morgan fingerprint density at radius 2 is 1.67 bits per heavy atom. The van der Waals surface area contributed by atoms with Gasteiger partial charge in [0.2, 0.25) is 0 Å². The van der Waals surface area contributed by atoms with Crippen molar-refractivity contribution >= 4 is 27.6 Å². The lowest BCUT2D eigenvalue weighted by Crippen LogP contribution is -2.33. The molecule has 3 aliphatic rings. The molecule has 2 heterocycles. The molecule has 2 aliphatic heterocycles. The normalized spacial score (nSPS) is 23.2. The Kier molecular flexibility index (Phi) is 9.05. The van der Waals surface area contributed by atoms with E-state index in [1.807, 2.05) is 58.8 Å². The fourth-order valence-corrected chi connectivity index (χ4v) is 5.87. The van der Waals surface area contributed by atoms with Gasteiger partial charge in [0.25, 0.3) is 0 Å². The number of rotatable bonds is 9. The first-order chi connectivity index (χ1) is 19.4. The molecule has 0 spiro atoms. The highest BCUT2D eigenvalue weighted by molar-refractivity contribution is 7.90. The highest BCUT2D eigenvalue weighted by Crippen LogP contribution is 2.45. The van der Waals surface area contributed by atoms with Crippen LogP contribution in [0.4, 0.5) is 0 Å². The van der Waals surface area contributed by atoms with Crippen LogP contribution in [-0.4, -0.2) is 59.1 Å². The van der Waals surface area contributed by atoms with Crippen LogP contribution in [0.3, 0.4) is 0 Å². The molecule has 0 aromatic heterocycles. The van der Waals surface area contributed by atoms with Gasteiger partial charge in [0, 0.05) is 47.2 Å². The van der Waals surface area contributed by atoms with Crippen LogP contribution in [0.25, 0.3) is 0 Å². The Bertz CT molecular complexity index is 1650. The van der Waals surface area contributed by atoms with E-state index in [-0.39, 0.29) is 22.5 Å². The van der Waals surface area contributed by atoms with Gasteiger partial charge in [-0.15, -0.1) is 0 Å². The van der Waals surface area contributed by atoms with Gasteiger partial charge in [-0.25, -0.2) is 13.0 Å². The molecule has 1 N–H and O–H groups in total. The summed E-state index contributed by atoms with van der Waals surface area (Å²) in [6, 6.07) is 0. The Morgan fingerprint density at radius 3 is 2.19 bits per heavy atom. The number of Topliss-reactive ketones (excluding diaryl/α,β-unsaturated/α-hetero) is 1. The van der Waals surface area contributed by atoms with Crippen molar-refractivity contribution in [2.75, 3.05) is 14.1 Å². The second-order valence-electron chi connectivity index (χ2n) is 11.5. The van der Waals surface area contributed by atoms with E-state index in [1.165, 1.54) is 24.3 Å². The third kappa shape index (κ3) is 6.24. The van der Waals surface area contributed by atoms with E-state index < -0.39 is 38.5 Å². The van der Waals surface area contributed by atoms with Gasteiger partial charge in [0.15, 0.2) is 17.7 Å². The molecular weight excluding hydrogens is 556 g/mol. The predicted molar refractivity (Wildman–Crippen MR) is 159 cm³/mol. The minimum absolute atomic E-state index is 0.0175. The van der Waals surface area contributed by atoms with Gasteiger partial charge >= 0.3 is 5.97 Å². The lowest BCUT2D eigenvalue weighted by atomic mass is 9.77. The first-order valence-corrected chi connectivity index (χ1v) is 14.8. The SMILES string of the molecule is C/C=C\C(=C/C1=CN(C)/C(=C/C2=C([O-])C(=CC3=[N+](C)C=C(/C=C(\C=C/C)S(=O)(=O)[O-])C3(C)C)C2=O)C1(C)C)CC(=O)O. The number of ketones is 1. The van der Waals surface area contributed by atoms with Gasteiger partial charge in [0.1, 0.15) is 17.2 Å². The van der Waals surface area contributed by atoms with Crippen LogP contribution >= 0.6 is 0 Å². The number of allylic oxidation sites excluding steroid dienone is 12. The molecular formula is C32H37N2O7S-. The molecule has 224 valence electrons. The topological polar surface area (TPSA) is 141 Å². The number of hydrogen-bond donors (Lipinski definition) is 1. The van der Waals surface area contributed by atoms with E-state index >= 15 is 0 Å². The third-order valence-corrected chi connectivity index (χ3v) is 8.52. The van der Waals surface area contributed by atoms with Crippen LogP contribution in [0.1, 0.15) is 48.0 Å². The van der Waals surface area contributed by atoms with Gasteiger partial charge in [-0.05, 0) is 57.1 Å². The Balaban J connectivity index is 1.96. The monoisotopic (exact) mass is 593 g/mol. The second-order valence-corrected chi connectivity index (χ2v) is 12.9. The van der Waals surface area contributed by atoms with E-state index in [2.05, 4.69) is 0 Å². The van der Waals surface area contributed by atoms with Crippen molar-refractivity contribution in [2.45, 2.75) is 48.0 Å². The van der Waals surface area contributed by atoms with Gasteiger partial charge < -0.3 is 19.7 Å². The Labute approximate surface area is 247 Å². The van der Waals surface area contributed by atoms with Crippen molar-refractivity contribution in [3.05, 3.63) is 105 Å². The van der Waals surface area contributed by atoms with Crippen LogP contribution in [0.5, 0.6) is 0 Å². The molecule has 10 heteroatoms. The molecule has 1 aliphatic carbocycles. The van der Waals surface area contributed by atoms with Crippen molar-refractivity contribution in [3.63, 3.8) is 0 Å². The van der Waals surface area contributed by atoms with Crippen LogP contribution < -0.4 is 5.11 Å². The van der Waals surface area contributed by atoms with E-state index in [1.54, 1.807) is 43.0 Å². The predicted octanol–water partition coefficient (Wildman–Crippen LogP) is 3.84. The fraction of sp³-hybridized carbons (Fsp3) is 0.344. The first kappa shape index (κ1) is 32.5. The number of hydrogen-bond acceptors (Lipinski definition) is 7. The summed E-state index contributed by atoms with van der Waals surface area (Å²) in [5.74, 6) is -1.75. The smallest absolute Gasteiger partial charge is 0.307 e. The minimum atomic E-state index is -4.70.